The van der Waals surface area contributed by atoms with Gasteiger partial charge in [-0.15, -0.1) is 0 Å². The van der Waals surface area contributed by atoms with Gasteiger partial charge in [0, 0.05) is 5.02 Å². The van der Waals surface area contributed by atoms with Crippen LogP contribution in [0.5, 0.6) is 11.5 Å². The molecule has 1 N–H and O–H groups in total. The molecule has 2 aromatic rings. The highest BCUT2D eigenvalue weighted by Crippen LogP contribution is 2.31. The highest BCUT2D eigenvalue weighted by molar-refractivity contribution is 6.30. The maximum Gasteiger partial charge on any atom is 0.161 e. The molecule has 0 unspecified atom stereocenters. The van der Waals surface area contributed by atoms with Crippen molar-refractivity contribution in [1.29, 1.82) is 0 Å². The SMILES string of the molecule is COc1cc([C@H](C)O)ccc1OCc1cccc(Cl)c1. The van der Waals surface area contributed by atoms with Crippen LogP contribution in [0.4, 0.5) is 0 Å². The molecule has 2 aromatic carbocycles. The summed E-state index contributed by atoms with van der Waals surface area (Å²) in [6.07, 6.45) is -0.536. The molecule has 2 rings (SSSR count). The molecule has 20 heavy (non-hydrogen) atoms. The fraction of sp³-hybridized carbons (Fsp3) is 0.250. The minimum Gasteiger partial charge on any atom is -0.493 e. The summed E-state index contributed by atoms with van der Waals surface area (Å²) in [6, 6.07) is 12.9. The van der Waals surface area contributed by atoms with Crippen molar-refractivity contribution in [2.75, 3.05) is 7.11 Å². The number of halogens is 1. The summed E-state index contributed by atoms with van der Waals surface area (Å²) in [5, 5.41) is 10.2. The van der Waals surface area contributed by atoms with Crippen LogP contribution in [-0.4, -0.2) is 12.2 Å². The summed E-state index contributed by atoms with van der Waals surface area (Å²) >= 11 is 5.93. The normalized spacial score (nSPS) is 12.0. The zero-order valence-electron chi connectivity index (χ0n) is 11.5. The molecule has 0 fully saturated rings. The van der Waals surface area contributed by atoms with E-state index in [9.17, 15) is 5.11 Å². The van der Waals surface area contributed by atoms with E-state index in [-0.39, 0.29) is 0 Å². The first-order chi connectivity index (χ1) is 9.60. The third-order valence-electron chi connectivity index (χ3n) is 2.95. The van der Waals surface area contributed by atoms with Crippen molar-refractivity contribution >= 4 is 11.6 Å². The van der Waals surface area contributed by atoms with Gasteiger partial charge in [0.25, 0.3) is 0 Å². The molecule has 106 valence electrons. The van der Waals surface area contributed by atoms with E-state index in [0.29, 0.717) is 23.1 Å². The van der Waals surface area contributed by atoms with Gasteiger partial charge < -0.3 is 14.6 Å². The zero-order chi connectivity index (χ0) is 14.5. The lowest BCUT2D eigenvalue weighted by atomic mass is 10.1. The van der Waals surface area contributed by atoms with Crippen LogP contribution in [0.1, 0.15) is 24.2 Å². The topological polar surface area (TPSA) is 38.7 Å². The van der Waals surface area contributed by atoms with Crippen molar-refractivity contribution in [3.8, 4) is 11.5 Å². The third kappa shape index (κ3) is 3.65. The molecule has 4 heteroatoms. The van der Waals surface area contributed by atoms with Gasteiger partial charge in [0.15, 0.2) is 11.5 Å². The third-order valence-corrected chi connectivity index (χ3v) is 3.19. The van der Waals surface area contributed by atoms with Crippen LogP contribution in [-0.2, 0) is 6.61 Å². The van der Waals surface area contributed by atoms with E-state index >= 15 is 0 Å². The van der Waals surface area contributed by atoms with Gasteiger partial charge in [-0.25, -0.2) is 0 Å². The van der Waals surface area contributed by atoms with E-state index in [0.717, 1.165) is 11.1 Å². The smallest absolute Gasteiger partial charge is 0.161 e. The first-order valence-corrected chi connectivity index (χ1v) is 6.71. The first-order valence-electron chi connectivity index (χ1n) is 6.33. The van der Waals surface area contributed by atoms with Crippen molar-refractivity contribution < 1.29 is 14.6 Å². The van der Waals surface area contributed by atoms with Crippen LogP contribution >= 0.6 is 11.6 Å². The summed E-state index contributed by atoms with van der Waals surface area (Å²) in [5.41, 5.74) is 1.77. The lowest BCUT2D eigenvalue weighted by Gasteiger charge is -2.13. The Bertz CT molecular complexity index is 582. The van der Waals surface area contributed by atoms with Crippen LogP contribution < -0.4 is 9.47 Å². The maximum atomic E-state index is 9.56. The minimum absolute atomic E-state index is 0.408. The van der Waals surface area contributed by atoms with Gasteiger partial charge in [-0.2, -0.15) is 0 Å². The molecule has 0 aromatic heterocycles. The predicted octanol–water partition coefficient (Wildman–Crippen LogP) is 3.98. The van der Waals surface area contributed by atoms with Crippen LogP contribution in [0.3, 0.4) is 0 Å². The molecule has 0 amide bonds. The molecular formula is C16H17ClO3. The minimum atomic E-state index is -0.536. The Morgan fingerprint density at radius 3 is 2.60 bits per heavy atom. The second-order valence-electron chi connectivity index (χ2n) is 4.50. The Balaban J connectivity index is 2.13. The van der Waals surface area contributed by atoms with Crippen molar-refractivity contribution in [2.45, 2.75) is 19.6 Å². The number of hydrogen-bond donors (Lipinski definition) is 1. The average molecular weight is 293 g/mol. The Kier molecular flexibility index (Phi) is 4.88. The number of rotatable bonds is 5. The quantitative estimate of drug-likeness (QED) is 0.906. The van der Waals surface area contributed by atoms with Crippen molar-refractivity contribution in [3.05, 3.63) is 58.6 Å². The molecule has 0 bridgehead atoms. The van der Waals surface area contributed by atoms with Gasteiger partial charge in [-0.05, 0) is 42.3 Å². The van der Waals surface area contributed by atoms with E-state index in [1.165, 1.54) is 0 Å². The summed E-state index contributed by atoms with van der Waals surface area (Å²) in [7, 11) is 1.58. The lowest BCUT2D eigenvalue weighted by Crippen LogP contribution is -1.99. The summed E-state index contributed by atoms with van der Waals surface area (Å²) < 4.78 is 11.0. The highest BCUT2D eigenvalue weighted by Gasteiger charge is 2.09. The van der Waals surface area contributed by atoms with Crippen LogP contribution in [0.2, 0.25) is 5.02 Å². The Hall–Kier alpha value is -1.71. The van der Waals surface area contributed by atoms with Gasteiger partial charge in [0.2, 0.25) is 0 Å². The van der Waals surface area contributed by atoms with E-state index in [4.69, 9.17) is 21.1 Å². The molecule has 0 aliphatic heterocycles. The van der Waals surface area contributed by atoms with Gasteiger partial charge in [0.05, 0.1) is 13.2 Å². The molecule has 0 saturated heterocycles. The van der Waals surface area contributed by atoms with Gasteiger partial charge in [-0.1, -0.05) is 29.8 Å². The number of methoxy groups -OCH3 is 1. The highest BCUT2D eigenvalue weighted by atomic mass is 35.5. The summed E-state index contributed by atoms with van der Waals surface area (Å²) in [5.74, 6) is 1.24. The molecule has 3 nitrogen and oxygen atoms in total. The fourth-order valence-electron chi connectivity index (χ4n) is 1.85. The van der Waals surface area contributed by atoms with Crippen LogP contribution in [0.25, 0.3) is 0 Å². The Morgan fingerprint density at radius 1 is 1.15 bits per heavy atom. The second kappa shape index (κ2) is 6.64. The monoisotopic (exact) mass is 292 g/mol. The first kappa shape index (κ1) is 14.7. The number of aliphatic hydroxyl groups excluding tert-OH is 1. The largest absolute Gasteiger partial charge is 0.493 e. The number of aliphatic hydroxyl groups is 1. The number of ether oxygens (including phenoxy) is 2. The predicted molar refractivity (Wildman–Crippen MR) is 79.4 cm³/mol. The molecule has 0 aliphatic rings. The average Bonchev–Trinajstić information content (AvgIpc) is 2.45. The van der Waals surface area contributed by atoms with Crippen molar-refractivity contribution in [3.63, 3.8) is 0 Å². The standard InChI is InChI=1S/C16H17ClO3/c1-11(18)13-6-7-15(16(9-13)19-2)20-10-12-4-3-5-14(17)8-12/h3-9,11,18H,10H2,1-2H3/t11-/m0/s1. The Morgan fingerprint density at radius 2 is 1.95 bits per heavy atom. The van der Waals surface area contributed by atoms with Crippen molar-refractivity contribution in [1.82, 2.24) is 0 Å². The van der Waals surface area contributed by atoms with Crippen LogP contribution in [0, 0.1) is 0 Å². The lowest BCUT2D eigenvalue weighted by molar-refractivity contribution is 0.198. The fourth-order valence-corrected chi connectivity index (χ4v) is 2.06. The molecule has 0 spiro atoms. The second-order valence-corrected chi connectivity index (χ2v) is 4.94. The molecule has 0 saturated carbocycles. The number of hydrogen-bond acceptors (Lipinski definition) is 3. The van der Waals surface area contributed by atoms with Crippen molar-refractivity contribution in [2.24, 2.45) is 0 Å². The Labute approximate surface area is 123 Å². The van der Waals surface area contributed by atoms with Crippen LogP contribution in [0.15, 0.2) is 42.5 Å². The molecular weight excluding hydrogens is 276 g/mol. The zero-order valence-corrected chi connectivity index (χ0v) is 12.2. The van der Waals surface area contributed by atoms with E-state index < -0.39 is 6.10 Å². The summed E-state index contributed by atoms with van der Waals surface area (Å²) in [6.45, 7) is 2.12. The van der Waals surface area contributed by atoms with E-state index in [1.54, 1.807) is 26.2 Å². The molecule has 0 radical (unpaired) electrons. The van der Waals surface area contributed by atoms with Gasteiger partial charge in [-0.3, -0.25) is 0 Å². The number of benzene rings is 2. The molecule has 0 aliphatic carbocycles. The van der Waals surface area contributed by atoms with E-state index in [1.807, 2.05) is 30.3 Å². The maximum absolute atomic E-state index is 9.56. The summed E-state index contributed by atoms with van der Waals surface area (Å²) in [4.78, 5) is 0. The van der Waals surface area contributed by atoms with E-state index in [2.05, 4.69) is 0 Å². The molecule has 1 atom stereocenters. The van der Waals surface area contributed by atoms with Gasteiger partial charge >= 0.3 is 0 Å². The van der Waals surface area contributed by atoms with Gasteiger partial charge in [0.1, 0.15) is 6.61 Å². The molecule has 0 heterocycles.